The molecule has 2 rings (SSSR count). The molecule has 10 heteroatoms. The van der Waals surface area contributed by atoms with Gasteiger partial charge in [0.15, 0.2) is 0 Å². The Morgan fingerprint density at radius 3 is 1.77 bits per heavy atom. The van der Waals surface area contributed by atoms with Crippen molar-refractivity contribution in [3.8, 4) is 0 Å². The van der Waals surface area contributed by atoms with Gasteiger partial charge in [-0.05, 0) is 24.3 Å². The Kier molecular flexibility index (Phi) is 6.41. The van der Waals surface area contributed by atoms with E-state index in [-0.39, 0.29) is 21.4 Å². The first-order valence-corrected chi connectivity index (χ1v) is 6.75. The fraction of sp³-hybridized carbons (Fsp3) is 0. The molecular formula is C12H9Cl2N3O4S. The maximum absolute atomic E-state index is 10.3. The summed E-state index contributed by atoms with van der Waals surface area (Å²) < 4.78 is 0. The van der Waals surface area contributed by atoms with Crippen molar-refractivity contribution in [2.45, 2.75) is 4.90 Å². The monoisotopic (exact) mass is 361 g/mol. The summed E-state index contributed by atoms with van der Waals surface area (Å²) in [6.07, 6.45) is 0. The third-order valence-corrected chi connectivity index (χ3v) is 3.21. The van der Waals surface area contributed by atoms with Gasteiger partial charge < -0.3 is 5.73 Å². The smallest absolute Gasteiger partial charge is 0.289 e. The van der Waals surface area contributed by atoms with Gasteiger partial charge in [0.2, 0.25) is 0 Å². The van der Waals surface area contributed by atoms with Gasteiger partial charge in [0.05, 0.1) is 9.85 Å². The zero-order chi connectivity index (χ0) is 16.9. The van der Waals surface area contributed by atoms with E-state index in [2.05, 4.69) is 12.6 Å². The third-order valence-electron chi connectivity index (χ3n) is 2.29. The summed E-state index contributed by atoms with van der Waals surface area (Å²) in [4.78, 5) is 19.9. The molecule has 0 aliphatic carbocycles. The molecule has 0 aliphatic heterocycles. The molecular weight excluding hydrogens is 353 g/mol. The predicted octanol–water partition coefficient (Wildman–Crippen LogP) is 4.37. The van der Waals surface area contributed by atoms with Crippen molar-refractivity contribution >= 4 is 52.9 Å². The molecule has 7 nitrogen and oxygen atoms in total. The third kappa shape index (κ3) is 5.06. The molecule has 0 unspecified atom stereocenters. The highest BCUT2D eigenvalue weighted by atomic mass is 35.5. The molecule has 0 fully saturated rings. The number of nitrogen functional groups attached to an aromatic ring is 1. The average molecular weight is 362 g/mol. The predicted molar refractivity (Wildman–Crippen MR) is 87.9 cm³/mol. The summed E-state index contributed by atoms with van der Waals surface area (Å²) in [5.74, 6) is 0. The van der Waals surface area contributed by atoms with E-state index in [1.54, 1.807) is 6.07 Å². The van der Waals surface area contributed by atoms with Crippen LogP contribution in [0.4, 0.5) is 17.1 Å². The highest BCUT2D eigenvalue weighted by Crippen LogP contribution is 2.26. The van der Waals surface area contributed by atoms with E-state index in [0.717, 1.165) is 0 Å². The molecule has 0 spiro atoms. The molecule has 0 amide bonds. The van der Waals surface area contributed by atoms with Gasteiger partial charge >= 0.3 is 0 Å². The van der Waals surface area contributed by atoms with Crippen molar-refractivity contribution in [3.63, 3.8) is 0 Å². The fourth-order valence-corrected chi connectivity index (χ4v) is 1.88. The number of nitrogens with zero attached hydrogens (tertiary/aromatic N) is 2. The van der Waals surface area contributed by atoms with Crippen LogP contribution < -0.4 is 5.73 Å². The Labute approximate surface area is 140 Å². The minimum atomic E-state index is -0.571. The van der Waals surface area contributed by atoms with Crippen LogP contribution in [0.2, 0.25) is 10.0 Å². The average Bonchev–Trinajstić information content (AvgIpc) is 2.44. The normalized spacial score (nSPS) is 9.59. The number of hydrogen-bond donors (Lipinski definition) is 2. The second-order valence-corrected chi connectivity index (χ2v) is 5.19. The molecule has 2 aromatic rings. The highest BCUT2D eigenvalue weighted by molar-refractivity contribution is 7.80. The number of thiol groups is 1. The minimum Gasteiger partial charge on any atom is -0.399 e. The van der Waals surface area contributed by atoms with Crippen LogP contribution in [0, 0.1) is 20.2 Å². The molecule has 116 valence electrons. The zero-order valence-electron chi connectivity index (χ0n) is 10.8. The molecule has 0 radical (unpaired) electrons. The van der Waals surface area contributed by atoms with E-state index in [0.29, 0.717) is 10.6 Å². The quantitative estimate of drug-likeness (QED) is 0.357. The molecule has 2 aromatic carbocycles. The number of nitro groups is 2. The van der Waals surface area contributed by atoms with Crippen molar-refractivity contribution in [1.82, 2.24) is 0 Å². The highest BCUT2D eigenvalue weighted by Gasteiger charge is 2.11. The molecule has 2 N–H and O–H groups in total. The van der Waals surface area contributed by atoms with Crippen LogP contribution in [-0.2, 0) is 0 Å². The lowest BCUT2D eigenvalue weighted by Crippen LogP contribution is -1.91. The summed E-state index contributed by atoms with van der Waals surface area (Å²) in [5, 5.41) is 20.7. The first-order valence-electron chi connectivity index (χ1n) is 5.54. The Bertz CT molecular complexity index is 666. The van der Waals surface area contributed by atoms with Crippen molar-refractivity contribution < 1.29 is 9.85 Å². The molecule has 22 heavy (non-hydrogen) atoms. The van der Waals surface area contributed by atoms with Crippen LogP contribution in [0.3, 0.4) is 0 Å². The van der Waals surface area contributed by atoms with Gasteiger partial charge in [-0.15, -0.1) is 12.6 Å². The van der Waals surface area contributed by atoms with Crippen molar-refractivity contribution in [2.75, 3.05) is 5.73 Å². The molecule has 0 atom stereocenters. The Balaban J connectivity index is 0.000000220. The van der Waals surface area contributed by atoms with Gasteiger partial charge in [-0.1, -0.05) is 23.2 Å². The summed E-state index contributed by atoms with van der Waals surface area (Å²) in [5.41, 5.74) is 5.36. The zero-order valence-corrected chi connectivity index (χ0v) is 13.2. The van der Waals surface area contributed by atoms with Crippen molar-refractivity contribution in [1.29, 1.82) is 0 Å². The number of rotatable bonds is 2. The lowest BCUT2D eigenvalue weighted by molar-refractivity contribution is -0.385. The lowest BCUT2D eigenvalue weighted by atomic mass is 10.3. The van der Waals surface area contributed by atoms with Crippen LogP contribution in [0.1, 0.15) is 0 Å². The van der Waals surface area contributed by atoms with E-state index < -0.39 is 9.85 Å². The van der Waals surface area contributed by atoms with Gasteiger partial charge in [0.1, 0.15) is 10.0 Å². The van der Waals surface area contributed by atoms with Crippen LogP contribution in [0.25, 0.3) is 0 Å². The minimum absolute atomic E-state index is 0.101. The lowest BCUT2D eigenvalue weighted by Gasteiger charge is -1.95. The van der Waals surface area contributed by atoms with Gasteiger partial charge in [0, 0.05) is 22.7 Å². The van der Waals surface area contributed by atoms with Crippen molar-refractivity contribution in [3.05, 3.63) is 66.7 Å². The maximum Gasteiger partial charge on any atom is 0.289 e. The number of halogens is 2. The fourth-order valence-electron chi connectivity index (χ4n) is 1.31. The Morgan fingerprint density at radius 2 is 1.36 bits per heavy atom. The Morgan fingerprint density at radius 1 is 0.909 bits per heavy atom. The topological polar surface area (TPSA) is 112 Å². The first kappa shape index (κ1) is 18.0. The summed E-state index contributed by atoms with van der Waals surface area (Å²) in [6, 6.07) is 8.48. The van der Waals surface area contributed by atoms with Crippen LogP contribution in [0.15, 0.2) is 41.3 Å². The van der Waals surface area contributed by atoms with Crippen LogP contribution in [-0.4, -0.2) is 9.85 Å². The second kappa shape index (κ2) is 7.83. The number of anilines is 1. The first-order chi connectivity index (χ1) is 10.2. The standard InChI is InChI=1S/C6H5ClN2O2.C6H4ClNO2S/c7-5-2-1-4(8)3-6(5)9(10)11;7-5-2-1-4(11)3-6(5)8(9)10/h1-3H,8H2;1-3,11H. The van der Waals surface area contributed by atoms with Gasteiger partial charge in [-0.3, -0.25) is 20.2 Å². The molecule has 0 heterocycles. The SMILES string of the molecule is Nc1ccc(Cl)c([N+](=O)[O-])c1.O=[N+]([O-])c1cc(S)ccc1Cl. The van der Waals surface area contributed by atoms with Gasteiger partial charge in [0.25, 0.3) is 11.4 Å². The number of nitrogens with two attached hydrogens (primary N) is 1. The summed E-state index contributed by atoms with van der Waals surface area (Å²) in [6.45, 7) is 0. The van der Waals surface area contributed by atoms with E-state index in [1.165, 1.54) is 30.3 Å². The molecule has 0 bridgehead atoms. The number of benzene rings is 2. The van der Waals surface area contributed by atoms with Crippen LogP contribution >= 0.6 is 35.8 Å². The van der Waals surface area contributed by atoms with Crippen LogP contribution in [0.5, 0.6) is 0 Å². The maximum atomic E-state index is 10.3. The van der Waals surface area contributed by atoms with E-state index in [4.69, 9.17) is 28.9 Å². The largest absolute Gasteiger partial charge is 0.399 e. The second-order valence-electron chi connectivity index (χ2n) is 3.86. The van der Waals surface area contributed by atoms with Crippen molar-refractivity contribution in [2.24, 2.45) is 0 Å². The van der Waals surface area contributed by atoms with E-state index >= 15 is 0 Å². The molecule has 0 saturated heterocycles. The molecule has 0 aliphatic rings. The molecule has 0 saturated carbocycles. The Hall–Kier alpha value is -2.03. The summed E-state index contributed by atoms with van der Waals surface area (Å²) >= 11 is 14.9. The number of nitro benzene ring substituents is 2. The molecule has 0 aromatic heterocycles. The number of hydrogen-bond acceptors (Lipinski definition) is 6. The van der Waals surface area contributed by atoms with Gasteiger partial charge in [-0.2, -0.15) is 0 Å². The van der Waals surface area contributed by atoms with E-state index in [9.17, 15) is 20.2 Å². The van der Waals surface area contributed by atoms with E-state index in [1.807, 2.05) is 0 Å². The van der Waals surface area contributed by atoms with Gasteiger partial charge in [-0.25, -0.2) is 0 Å². The summed E-state index contributed by atoms with van der Waals surface area (Å²) in [7, 11) is 0.